The second-order valence-electron chi connectivity index (χ2n) is 4.45. The van der Waals surface area contributed by atoms with Crippen LogP contribution in [0, 0.1) is 6.92 Å². The molecule has 0 spiro atoms. The maximum atomic E-state index is 12.4. The fourth-order valence-corrected chi connectivity index (χ4v) is 2.45. The van der Waals surface area contributed by atoms with Crippen LogP contribution < -0.4 is 4.90 Å². The standard InChI is InChI=1S/C15H15NO3S/c1-11-2-4-13(5-3-11)16(8-6-14(17)18)15(19)12-7-9-20-10-12/h2-5,7,9-10H,6,8H2,1H3,(H,17,18). The van der Waals surface area contributed by atoms with Crippen LogP contribution >= 0.6 is 11.3 Å². The number of thiophene rings is 1. The molecule has 104 valence electrons. The first-order valence-electron chi connectivity index (χ1n) is 6.20. The number of anilines is 1. The van der Waals surface area contributed by atoms with Gasteiger partial charge < -0.3 is 10.0 Å². The lowest BCUT2D eigenvalue weighted by atomic mass is 10.2. The fraction of sp³-hybridized carbons (Fsp3) is 0.200. The Kier molecular flexibility index (Phi) is 4.53. The zero-order valence-corrected chi connectivity index (χ0v) is 11.9. The van der Waals surface area contributed by atoms with Crippen molar-refractivity contribution >= 4 is 28.9 Å². The van der Waals surface area contributed by atoms with Crippen molar-refractivity contribution in [1.29, 1.82) is 0 Å². The Morgan fingerprint density at radius 1 is 1.20 bits per heavy atom. The van der Waals surface area contributed by atoms with Gasteiger partial charge in [0.25, 0.3) is 5.91 Å². The molecule has 1 N–H and O–H groups in total. The number of hydrogen-bond donors (Lipinski definition) is 1. The van der Waals surface area contributed by atoms with E-state index in [1.165, 1.54) is 16.2 Å². The largest absolute Gasteiger partial charge is 0.481 e. The summed E-state index contributed by atoms with van der Waals surface area (Å²) in [6, 6.07) is 9.23. The van der Waals surface area contributed by atoms with Crippen molar-refractivity contribution in [2.45, 2.75) is 13.3 Å². The van der Waals surface area contributed by atoms with Gasteiger partial charge in [-0.25, -0.2) is 0 Å². The van der Waals surface area contributed by atoms with Crippen molar-refractivity contribution in [3.8, 4) is 0 Å². The molecule has 0 unspecified atom stereocenters. The molecule has 2 aromatic rings. The molecule has 5 heteroatoms. The molecule has 20 heavy (non-hydrogen) atoms. The van der Waals surface area contributed by atoms with Crippen molar-refractivity contribution in [2.24, 2.45) is 0 Å². The first-order valence-corrected chi connectivity index (χ1v) is 7.15. The van der Waals surface area contributed by atoms with Gasteiger partial charge in [-0.2, -0.15) is 11.3 Å². The molecule has 1 heterocycles. The lowest BCUT2D eigenvalue weighted by Gasteiger charge is -2.22. The van der Waals surface area contributed by atoms with E-state index in [2.05, 4.69) is 0 Å². The third-order valence-electron chi connectivity index (χ3n) is 2.91. The van der Waals surface area contributed by atoms with Crippen molar-refractivity contribution < 1.29 is 14.7 Å². The van der Waals surface area contributed by atoms with Crippen LogP contribution in [0.5, 0.6) is 0 Å². The van der Waals surface area contributed by atoms with Gasteiger partial charge >= 0.3 is 5.97 Å². The molecule has 2 rings (SSSR count). The summed E-state index contributed by atoms with van der Waals surface area (Å²) < 4.78 is 0. The van der Waals surface area contributed by atoms with Gasteiger partial charge in [-0.1, -0.05) is 17.7 Å². The number of hydrogen-bond acceptors (Lipinski definition) is 3. The number of carbonyl (C=O) groups is 2. The van der Waals surface area contributed by atoms with Crippen LogP contribution in [0.1, 0.15) is 22.3 Å². The molecule has 0 saturated heterocycles. The maximum absolute atomic E-state index is 12.4. The van der Waals surface area contributed by atoms with E-state index < -0.39 is 5.97 Å². The topological polar surface area (TPSA) is 57.6 Å². The lowest BCUT2D eigenvalue weighted by Crippen LogP contribution is -2.32. The Morgan fingerprint density at radius 3 is 2.45 bits per heavy atom. The minimum absolute atomic E-state index is 0.0796. The summed E-state index contributed by atoms with van der Waals surface area (Å²) in [6.07, 6.45) is -0.0796. The van der Waals surface area contributed by atoms with Crippen molar-refractivity contribution in [3.05, 3.63) is 52.2 Å². The average molecular weight is 289 g/mol. The highest BCUT2D eigenvalue weighted by Crippen LogP contribution is 2.19. The molecule has 0 aliphatic heterocycles. The Labute approximate surface area is 121 Å². The maximum Gasteiger partial charge on any atom is 0.305 e. The normalized spacial score (nSPS) is 10.2. The molecule has 4 nitrogen and oxygen atoms in total. The molecular formula is C15H15NO3S. The fourth-order valence-electron chi connectivity index (χ4n) is 1.82. The van der Waals surface area contributed by atoms with Gasteiger partial charge in [-0.3, -0.25) is 9.59 Å². The van der Waals surface area contributed by atoms with Crippen LogP contribution in [0.15, 0.2) is 41.1 Å². The number of carboxylic acids is 1. The van der Waals surface area contributed by atoms with Gasteiger partial charge in [-0.05, 0) is 30.5 Å². The summed E-state index contributed by atoms with van der Waals surface area (Å²) in [5, 5.41) is 12.4. The highest BCUT2D eigenvalue weighted by molar-refractivity contribution is 7.08. The van der Waals surface area contributed by atoms with Crippen LogP contribution in [-0.4, -0.2) is 23.5 Å². The summed E-state index contributed by atoms with van der Waals surface area (Å²) >= 11 is 1.44. The van der Waals surface area contributed by atoms with E-state index in [-0.39, 0.29) is 18.9 Å². The number of amides is 1. The lowest BCUT2D eigenvalue weighted by molar-refractivity contribution is -0.136. The molecule has 1 aromatic carbocycles. The monoisotopic (exact) mass is 289 g/mol. The van der Waals surface area contributed by atoms with E-state index in [1.54, 1.807) is 11.4 Å². The second kappa shape index (κ2) is 6.34. The minimum atomic E-state index is -0.916. The summed E-state index contributed by atoms with van der Waals surface area (Å²) in [6.45, 7) is 2.12. The number of rotatable bonds is 5. The first-order chi connectivity index (χ1) is 9.58. The molecule has 0 fully saturated rings. The first kappa shape index (κ1) is 14.3. The Hall–Kier alpha value is -2.14. The number of carbonyl (C=O) groups excluding carboxylic acids is 1. The van der Waals surface area contributed by atoms with E-state index in [0.29, 0.717) is 11.3 Å². The van der Waals surface area contributed by atoms with Crippen molar-refractivity contribution in [2.75, 3.05) is 11.4 Å². The van der Waals surface area contributed by atoms with Gasteiger partial charge in [0.2, 0.25) is 0 Å². The molecule has 0 saturated carbocycles. The van der Waals surface area contributed by atoms with Crippen molar-refractivity contribution in [1.82, 2.24) is 0 Å². The Balaban J connectivity index is 2.26. The number of carboxylic acid groups (broad SMARTS) is 1. The number of aryl methyl sites for hydroxylation is 1. The summed E-state index contributed by atoms with van der Waals surface area (Å²) in [5.74, 6) is -1.09. The van der Waals surface area contributed by atoms with E-state index in [9.17, 15) is 9.59 Å². The zero-order valence-electron chi connectivity index (χ0n) is 11.1. The van der Waals surface area contributed by atoms with E-state index in [4.69, 9.17) is 5.11 Å². The molecule has 0 atom stereocenters. The molecule has 0 radical (unpaired) electrons. The zero-order chi connectivity index (χ0) is 14.5. The Morgan fingerprint density at radius 2 is 1.90 bits per heavy atom. The van der Waals surface area contributed by atoms with Crippen LogP contribution in [0.3, 0.4) is 0 Å². The highest BCUT2D eigenvalue weighted by atomic mass is 32.1. The molecule has 0 bridgehead atoms. The van der Waals surface area contributed by atoms with Gasteiger partial charge in [-0.15, -0.1) is 0 Å². The predicted octanol–water partition coefficient (Wildman–Crippen LogP) is 3.18. The number of nitrogens with zero attached hydrogens (tertiary/aromatic N) is 1. The summed E-state index contributed by atoms with van der Waals surface area (Å²) in [4.78, 5) is 24.7. The minimum Gasteiger partial charge on any atom is -0.481 e. The summed E-state index contributed by atoms with van der Waals surface area (Å²) in [5.41, 5.74) is 2.39. The SMILES string of the molecule is Cc1ccc(N(CCC(=O)O)C(=O)c2ccsc2)cc1. The quantitative estimate of drug-likeness (QED) is 0.919. The van der Waals surface area contributed by atoms with Gasteiger partial charge in [0.1, 0.15) is 0 Å². The van der Waals surface area contributed by atoms with Crippen LogP contribution in [0.25, 0.3) is 0 Å². The van der Waals surface area contributed by atoms with E-state index in [1.807, 2.05) is 36.6 Å². The van der Waals surface area contributed by atoms with Gasteiger partial charge in [0.15, 0.2) is 0 Å². The highest BCUT2D eigenvalue weighted by Gasteiger charge is 2.18. The van der Waals surface area contributed by atoms with Crippen LogP contribution in [-0.2, 0) is 4.79 Å². The van der Waals surface area contributed by atoms with Gasteiger partial charge in [0.05, 0.1) is 12.0 Å². The molecule has 1 amide bonds. The predicted molar refractivity (Wildman–Crippen MR) is 79.4 cm³/mol. The van der Waals surface area contributed by atoms with Crippen LogP contribution in [0.4, 0.5) is 5.69 Å². The van der Waals surface area contributed by atoms with E-state index in [0.717, 1.165) is 5.56 Å². The van der Waals surface area contributed by atoms with Crippen molar-refractivity contribution in [3.63, 3.8) is 0 Å². The van der Waals surface area contributed by atoms with Crippen LogP contribution in [0.2, 0.25) is 0 Å². The third kappa shape index (κ3) is 3.45. The number of aliphatic carboxylic acids is 1. The molecule has 0 aliphatic carbocycles. The molecule has 1 aromatic heterocycles. The summed E-state index contributed by atoms with van der Waals surface area (Å²) in [7, 11) is 0. The molecule has 0 aliphatic rings. The average Bonchev–Trinajstić information content (AvgIpc) is 2.94. The molecular weight excluding hydrogens is 274 g/mol. The third-order valence-corrected chi connectivity index (χ3v) is 3.59. The number of benzene rings is 1. The van der Waals surface area contributed by atoms with E-state index >= 15 is 0 Å². The van der Waals surface area contributed by atoms with Gasteiger partial charge in [0, 0.05) is 17.6 Å². The second-order valence-corrected chi connectivity index (χ2v) is 5.23. The Bertz CT molecular complexity index is 590. The smallest absolute Gasteiger partial charge is 0.305 e.